The fourth-order valence-corrected chi connectivity index (χ4v) is 4.75. The first-order valence-corrected chi connectivity index (χ1v) is 11.1. The van der Waals surface area contributed by atoms with E-state index >= 15 is 0 Å². The topological polar surface area (TPSA) is 138 Å². The number of hydrogen-bond donors (Lipinski definition) is 3. The van der Waals surface area contributed by atoms with Gasteiger partial charge in [-0.1, -0.05) is 24.3 Å². The summed E-state index contributed by atoms with van der Waals surface area (Å²) in [5, 5.41) is 0.712. The molecule has 1 saturated heterocycles. The van der Waals surface area contributed by atoms with E-state index in [-0.39, 0.29) is 12.0 Å². The second kappa shape index (κ2) is 8.97. The maximum absolute atomic E-state index is 11.9. The van der Waals surface area contributed by atoms with Crippen LogP contribution in [0, 0.1) is 0 Å². The lowest BCUT2D eigenvalue weighted by Gasteiger charge is -2.31. The van der Waals surface area contributed by atoms with E-state index in [1.54, 1.807) is 12.1 Å². The molecular weight excluding hydrogens is 426 g/mol. The highest BCUT2D eigenvalue weighted by Crippen LogP contribution is 2.37. The van der Waals surface area contributed by atoms with Gasteiger partial charge in [-0.05, 0) is 42.2 Å². The Morgan fingerprint density at radius 3 is 2.50 bits per heavy atom. The maximum atomic E-state index is 11.9. The number of thiophene rings is 1. The summed E-state index contributed by atoms with van der Waals surface area (Å²) in [5.74, 6) is -0.126. The number of carbonyl (C=O) groups excluding carboxylic acids is 2. The number of benzene rings is 1. The van der Waals surface area contributed by atoms with Crippen molar-refractivity contribution in [2.45, 2.75) is 18.9 Å². The van der Waals surface area contributed by atoms with E-state index in [9.17, 15) is 9.59 Å². The minimum atomic E-state index is -0.565. The number of hydrogen-bond acceptors (Lipinski definition) is 8. The average molecular weight is 452 g/mol. The molecule has 9 heteroatoms. The maximum Gasteiger partial charge on any atom is 0.337 e. The van der Waals surface area contributed by atoms with Crippen LogP contribution in [-0.2, 0) is 4.74 Å². The Morgan fingerprint density at radius 1 is 1.19 bits per heavy atom. The Labute approximate surface area is 189 Å². The number of esters is 1. The van der Waals surface area contributed by atoms with E-state index < -0.39 is 5.91 Å². The first kappa shape index (κ1) is 21.8. The van der Waals surface area contributed by atoms with Gasteiger partial charge >= 0.3 is 5.97 Å². The highest BCUT2D eigenvalue weighted by atomic mass is 32.1. The molecule has 1 amide bonds. The summed E-state index contributed by atoms with van der Waals surface area (Å²) >= 11 is 1.21. The highest BCUT2D eigenvalue weighted by molar-refractivity contribution is 7.21. The van der Waals surface area contributed by atoms with Crippen molar-refractivity contribution in [3.63, 3.8) is 0 Å². The van der Waals surface area contributed by atoms with Gasteiger partial charge in [-0.25, -0.2) is 9.78 Å². The molecule has 0 unspecified atom stereocenters. The number of methoxy groups -OCH3 is 1. The number of nitrogens with two attached hydrogens (primary N) is 3. The standard InChI is InChI=1S/C23H25N5O3S/c1-31-23(30)14-5-2-13(3-6-14)4-7-15-12-17(28-10-8-16(24)9-11-28)27-22-18(15)19(25)20(32-22)21(26)29/h2-7,12,16H,8-11,24-25H2,1H3,(H2,26,29)/b7-4+. The van der Waals surface area contributed by atoms with Crippen LogP contribution in [0.3, 0.4) is 0 Å². The molecule has 1 aliphatic rings. The molecule has 4 rings (SSSR count). The van der Waals surface area contributed by atoms with Crippen LogP contribution in [-0.4, -0.2) is 43.1 Å². The van der Waals surface area contributed by atoms with Crippen LogP contribution in [0.25, 0.3) is 22.4 Å². The number of pyridine rings is 1. The molecule has 1 fully saturated rings. The second-order valence-corrected chi connectivity index (χ2v) is 8.73. The fraction of sp³-hybridized carbons (Fsp3) is 0.261. The largest absolute Gasteiger partial charge is 0.465 e. The number of ether oxygens (including phenoxy) is 1. The summed E-state index contributed by atoms with van der Waals surface area (Å²) in [6.45, 7) is 1.64. The summed E-state index contributed by atoms with van der Waals surface area (Å²) in [5.41, 5.74) is 20.4. The van der Waals surface area contributed by atoms with Crippen molar-refractivity contribution >= 4 is 57.1 Å². The average Bonchev–Trinajstić information content (AvgIpc) is 3.14. The van der Waals surface area contributed by atoms with Crippen LogP contribution >= 0.6 is 11.3 Å². The third kappa shape index (κ3) is 4.30. The summed E-state index contributed by atoms with van der Waals surface area (Å²) in [7, 11) is 1.35. The van der Waals surface area contributed by atoms with Crippen LogP contribution in [0.4, 0.5) is 11.5 Å². The zero-order valence-corrected chi connectivity index (χ0v) is 18.5. The number of anilines is 2. The molecule has 0 radical (unpaired) electrons. The van der Waals surface area contributed by atoms with Crippen LogP contribution in [0.2, 0.25) is 0 Å². The first-order valence-electron chi connectivity index (χ1n) is 10.3. The molecule has 8 nitrogen and oxygen atoms in total. The highest BCUT2D eigenvalue weighted by Gasteiger charge is 2.22. The zero-order chi connectivity index (χ0) is 22.8. The number of primary amides is 1. The molecule has 0 atom stereocenters. The molecule has 0 saturated carbocycles. The lowest BCUT2D eigenvalue weighted by Crippen LogP contribution is -2.40. The van der Waals surface area contributed by atoms with Crippen LogP contribution in [0.1, 0.15) is 44.0 Å². The van der Waals surface area contributed by atoms with Gasteiger partial charge in [-0.3, -0.25) is 4.79 Å². The zero-order valence-electron chi connectivity index (χ0n) is 17.7. The van der Waals surface area contributed by atoms with Crippen molar-refractivity contribution in [1.29, 1.82) is 0 Å². The van der Waals surface area contributed by atoms with Gasteiger partial charge in [-0.15, -0.1) is 11.3 Å². The molecule has 32 heavy (non-hydrogen) atoms. The van der Waals surface area contributed by atoms with E-state index in [4.69, 9.17) is 26.9 Å². The minimum absolute atomic E-state index is 0.209. The lowest BCUT2D eigenvalue weighted by atomic mass is 10.0. The Balaban J connectivity index is 1.74. The van der Waals surface area contributed by atoms with Crippen molar-refractivity contribution in [3.05, 3.63) is 51.9 Å². The molecule has 3 aromatic rings. The van der Waals surface area contributed by atoms with E-state index in [1.165, 1.54) is 18.4 Å². The van der Waals surface area contributed by atoms with Gasteiger partial charge < -0.3 is 26.8 Å². The molecule has 1 aliphatic heterocycles. The first-order chi connectivity index (χ1) is 15.4. The van der Waals surface area contributed by atoms with Gasteiger partial charge in [0.15, 0.2) is 0 Å². The van der Waals surface area contributed by atoms with E-state index in [1.807, 2.05) is 30.4 Å². The van der Waals surface area contributed by atoms with Crippen LogP contribution in [0.5, 0.6) is 0 Å². The number of nitrogens with zero attached hydrogens (tertiary/aromatic N) is 2. The van der Waals surface area contributed by atoms with Gasteiger partial charge in [-0.2, -0.15) is 0 Å². The predicted octanol–water partition coefficient (Wildman–Crippen LogP) is 2.86. The normalized spacial score (nSPS) is 14.9. The summed E-state index contributed by atoms with van der Waals surface area (Å²) in [6, 6.07) is 9.27. The number of rotatable bonds is 5. The third-order valence-corrected chi connectivity index (χ3v) is 6.70. The number of aromatic nitrogens is 1. The molecule has 166 valence electrons. The number of fused-ring (bicyclic) bond motifs is 1. The molecule has 1 aromatic carbocycles. The minimum Gasteiger partial charge on any atom is -0.465 e. The van der Waals surface area contributed by atoms with Crippen LogP contribution < -0.4 is 22.1 Å². The Hall–Kier alpha value is -3.43. The molecule has 3 heterocycles. The second-order valence-electron chi connectivity index (χ2n) is 7.73. The van der Waals surface area contributed by atoms with E-state index in [0.717, 1.165) is 42.9 Å². The van der Waals surface area contributed by atoms with E-state index in [0.29, 0.717) is 26.3 Å². The Bertz CT molecular complexity index is 1190. The van der Waals surface area contributed by atoms with Crippen molar-refractivity contribution < 1.29 is 14.3 Å². The van der Waals surface area contributed by atoms with Gasteiger partial charge in [0.05, 0.1) is 18.4 Å². The van der Waals surface area contributed by atoms with Crippen molar-refractivity contribution in [2.24, 2.45) is 11.5 Å². The monoisotopic (exact) mass is 451 g/mol. The van der Waals surface area contributed by atoms with Gasteiger partial charge in [0.25, 0.3) is 5.91 Å². The molecule has 2 aromatic heterocycles. The van der Waals surface area contributed by atoms with Crippen molar-refractivity contribution in [2.75, 3.05) is 30.8 Å². The summed E-state index contributed by atoms with van der Waals surface area (Å²) in [4.78, 5) is 31.5. The van der Waals surface area contributed by atoms with Crippen molar-refractivity contribution in [1.82, 2.24) is 4.98 Å². The third-order valence-electron chi connectivity index (χ3n) is 5.59. The number of nitrogen functional groups attached to an aromatic ring is 1. The fourth-order valence-electron chi connectivity index (χ4n) is 3.78. The Morgan fingerprint density at radius 2 is 1.88 bits per heavy atom. The van der Waals surface area contributed by atoms with Gasteiger partial charge in [0.2, 0.25) is 0 Å². The van der Waals surface area contributed by atoms with Crippen LogP contribution in [0.15, 0.2) is 30.3 Å². The quantitative estimate of drug-likeness (QED) is 0.507. The summed E-state index contributed by atoms with van der Waals surface area (Å²) in [6.07, 6.45) is 5.66. The van der Waals surface area contributed by atoms with Crippen molar-refractivity contribution in [3.8, 4) is 0 Å². The molecule has 0 aliphatic carbocycles. The SMILES string of the molecule is COC(=O)c1ccc(/C=C/c2cc(N3CCC(N)CC3)nc3sc(C(N)=O)c(N)c23)cc1. The lowest BCUT2D eigenvalue weighted by molar-refractivity contribution is 0.0600. The molecule has 0 bridgehead atoms. The molecule has 6 N–H and O–H groups in total. The number of amides is 1. The number of piperidine rings is 1. The van der Waals surface area contributed by atoms with E-state index in [2.05, 4.69) is 4.90 Å². The predicted molar refractivity (Wildman–Crippen MR) is 129 cm³/mol. The smallest absolute Gasteiger partial charge is 0.337 e. The van der Waals surface area contributed by atoms with Gasteiger partial charge in [0.1, 0.15) is 15.5 Å². The Kier molecular flexibility index (Phi) is 6.11. The van der Waals surface area contributed by atoms with Gasteiger partial charge in [0, 0.05) is 24.5 Å². The molecular formula is C23H25N5O3S. The summed E-state index contributed by atoms with van der Waals surface area (Å²) < 4.78 is 4.74. The number of carbonyl (C=O) groups is 2. The molecule has 0 spiro atoms.